The number of aromatic amines is 1. The first-order chi connectivity index (χ1) is 16.4. The summed E-state index contributed by atoms with van der Waals surface area (Å²) in [5.74, 6) is 0.620. The van der Waals surface area contributed by atoms with Crippen molar-refractivity contribution in [3.05, 3.63) is 78.1 Å². The van der Waals surface area contributed by atoms with Crippen LogP contribution < -0.4 is 9.46 Å². The molecule has 1 aliphatic heterocycles. The second-order valence-corrected chi connectivity index (χ2v) is 10.1. The second kappa shape index (κ2) is 8.83. The van der Waals surface area contributed by atoms with Crippen LogP contribution in [0.25, 0.3) is 22.2 Å². The molecule has 174 valence electrons. The minimum atomic E-state index is -3.37. The van der Waals surface area contributed by atoms with Crippen LogP contribution in [0.5, 0.6) is 5.75 Å². The minimum absolute atomic E-state index is 0.0153. The molecule has 0 unspecified atom stereocenters. The average molecular weight is 477 g/mol. The van der Waals surface area contributed by atoms with Crippen LogP contribution in [0, 0.1) is 0 Å². The van der Waals surface area contributed by atoms with Gasteiger partial charge in [-0.1, -0.05) is 12.1 Å². The molecule has 1 aliphatic rings. The largest absolute Gasteiger partial charge is 0.491 e. The molecule has 2 heterocycles. The summed E-state index contributed by atoms with van der Waals surface area (Å²) >= 11 is 0. The van der Waals surface area contributed by atoms with E-state index in [1.807, 2.05) is 24.3 Å². The van der Waals surface area contributed by atoms with Crippen molar-refractivity contribution in [1.82, 2.24) is 14.9 Å². The molecule has 0 atom stereocenters. The van der Waals surface area contributed by atoms with E-state index in [-0.39, 0.29) is 11.7 Å². The van der Waals surface area contributed by atoms with Gasteiger partial charge in [0.25, 0.3) is 5.91 Å². The SMILES string of the molecule is CCS(=O)(=O)Nc1ccc(C(=O)N2CCOc3ccc(-c4ccc5nc[nH]c5c4)cc3C2)cc1. The van der Waals surface area contributed by atoms with Crippen LogP contribution in [0.15, 0.2) is 67.0 Å². The van der Waals surface area contributed by atoms with E-state index in [1.165, 1.54) is 0 Å². The smallest absolute Gasteiger partial charge is 0.254 e. The van der Waals surface area contributed by atoms with Gasteiger partial charge in [-0.25, -0.2) is 13.4 Å². The Morgan fingerprint density at radius 3 is 2.65 bits per heavy atom. The number of carbonyl (C=O) groups is 1. The Bertz CT molecular complexity index is 1460. The summed E-state index contributed by atoms with van der Waals surface area (Å²) in [6.45, 7) is 2.83. The third kappa shape index (κ3) is 4.47. The minimum Gasteiger partial charge on any atom is -0.491 e. The zero-order valence-electron chi connectivity index (χ0n) is 18.6. The molecule has 1 aromatic heterocycles. The highest BCUT2D eigenvalue weighted by Crippen LogP contribution is 2.31. The highest BCUT2D eigenvalue weighted by molar-refractivity contribution is 7.92. The summed E-state index contributed by atoms with van der Waals surface area (Å²) in [7, 11) is -3.37. The fourth-order valence-electron chi connectivity index (χ4n) is 3.98. The summed E-state index contributed by atoms with van der Waals surface area (Å²) in [6.07, 6.45) is 1.67. The van der Waals surface area contributed by atoms with Gasteiger partial charge in [0.2, 0.25) is 10.0 Å². The average Bonchev–Trinajstić information content (AvgIpc) is 3.21. The van der Waals surface area contributed by atoms with E-state index in [2.05, 4.69) is 26.8 Å². The van der Waals surface area contributed by atoms with Crippen LogP contribution in [0.1, 0.15) is 22.8 Å². The number of amides is 1. The number of fused-ring (bicyclic) bond motifs is 2. The van der Waals surface area contributed by atoms with Gasteiger partial charge in [-0.3, -0.25) is 9.52 Å². The Hall–Kier alpha value is -3.85. The first-order valence-corrected chi connectivity index (χ1v) is 12.7. The van der Waals surface area contributed by atoms with Gasteiger partial charge in [0.1, 0.15) is 12.4 Å². The normalized spacial score (nSPS) is 13.7. The van der Waals surface area contributed by atoms with Crippen molar-refractivity contribution in [3.63, 3.8) is 0 Å². The van der Waals surface area contributed by atoms with Gasteiger partial charge < -0.3 is 14.6 Å². The van der Waals surface area contributed by atoms with Crippen molar-refractivity contribution in [2.45, 2.75) is 13.5 Å². The first-order valence-electron chi connectivity index (χ1n) is 11.0. The number of hydrogen-bond donors (Lipinski definition) is 2. The highest BCUT2D eigenvalue weighted by atomic mass is 32.2. The molecule has 1 amide bonds. The molecule has 3 aromatic carbocycles. The molecule has 0 saturated heterocycles. The molecular formula is C25H24N4O4S. The molecule has 4 aromatic rings. The summed E-state index contributed by atoms with van der Waals surface area (Å²) < 4.78 is 31.9. The predicted octanol–water partition coefficient (Wildman–Crippen LogP) is 4.03. The van der Waals surface area contributed by atoms with Gasteiger partial charge in [0.15, 0.2) is 0 Å². The van der Waals surface area contributed by atoms with Crippen molar-refractivity contribution >= 4 is 32.7 Å². The number of nitrogens with zero attached hydrogens (tertiary/aromatic N) is 2. The molecule has 9 heteroatoms. The zero-order chi connectivity index (χ0) is 23.7. The number of anilines is 1. The number of imidazole rings is 1. The molecule has 0 saturated carbocycles. The molecular weight excluding hydrogens is 452 g/mol. The Morgan fingerprint density at radius 1 is 1.09 bits per heavy atom. The third-order valence-electron chi connectivity index (χ3n) is 5.87. The van der Waals surface area contributed by atoms with E-state index in [9.17, 15) is 13.2 Å². The highest BCUT2D eigenvalue weighted by Gasteiger charge is 2.22. The van der Waals surface area contributed by atoms with Crippen LogP contribution in [0.3, 0.4) is 0 Å². The number of benzene rings is 3. The maximum absolute atomic E-state index is 13.2. The second-order valence-electron chi connectivity index (χ2n) is 8.11. The fourth-order valence-corrected chi connectivity index (χ4v) is 4.62. The van der Waals surface area contributed by atoms with Crippen LogP contribution in [-0.2, 0) is 16.6 Å². The quantitative estimate of drug-likeness (QED) is 0.453. The van der Waals surface area contributed by atoms with Crippen LogP contribution in [-0.4, -0.2) is 48.1 Å². The van der Waals surface area contributed by atoms with Gasteiger partial charge in [-0.05, 0) is 66.6 Å². The molecule has 2 N–H and O–H groups in total. The maximum atomic E-state index is 13.2. The number of rotatable bonds is 5. The molecule has 34 heavy (non-hydrogen) atoms. The fraction of sp³-hybridized carbons (Fsp3) is 0.200. The van der Waals surface area contributed by atoms with Gasteiger partial charge in [-0.2, -0.15) is 0 Å². The lowest BCUT2D eigenvalue weighted by molar-refractivity contribution is 0.0733. The van der Waals surface area contributed by atoms with E-state index < -0.39 is 10.0 Å². The summed E-state index contributed by atoms with van der Waals surface area (Å²) in [5.41, 5.74) is 5.80. The van der Waals surface area contributed by atoms with Crippen molar-refractivity contribution in [3.8, 4) is 16.9 Å². The Balaban J connectivity index is 1.37. The molecule has 8 nitrogen and oxygen atoms in total. The van der Waals surface area contributed by atoms with Crippen LogP contribution >= 0.6 is 0 Å². The molecule has 0 spiro atoms. The number of aromatic nitrogens is 2. The number of carbonyl (C=O) groups excluding carboxylic acids is 1. The van der Waals surface area contributed by atoms with Gasteiger partial charge in [0.05, 0.1) is 29.7 Å². The van der Waals surface area contributed by atoms with Crippen LogP contribution in [0.2, 0.25) is 0 Å². The molecule has 0 bridgehead atoms. The Kier molecular flexibility index (Phi) is 5.70. The number of hydrogen-bond acceptors (Lipinski definition) is 5. The lowest BCUT2D eigenvalue weighted by atomic mass is 10.0. The van der Waals surface area contributed by atoms with Gasteiger partial charge in [-0.15, -0.1) is 0 Å². The molecule has 0 aliphatic carbocycles. The monoisotopic (exact) mass is 476 g/mol. The summed E-state index contributed by atoms with van der Waals surface area (Å²) in [5, 5.41) is 0. The number of ether oxygens (including phenoxy) is 1. The standard InChI is InChI=1S/C25H24N4O4S/c1-2-34(31,32)28-21-7-3-17(4-8-21)25(30)29-11-12-33-24-10-6-18(13-20(24)15-29)19-5-9-22-23(14-19)27-16-26-22/h3-10,13-14,16,28H,2,11-12,15H2,1H3,(H,26,27). The van der Waals surface area contributed by atoms with E-state index in [1.54, 1.807) is 42.4 Å². The lowest BCUT2D eigenvalue weighted by Crippen LogP contribution is -2.32. The summed E-state index contributed by atoms with van der Waals surface area (Å²) in [6, 6.07) is 18.6. The Morgan fingerprint density at radius 2 is 1.85 bits per heavy atom. The number of sulfonamides is 1. The maximum Gasteiger partial charge on any atom is 0.254 e. The van der Waals surface area contributed by atoms with Crippen molar-refractivity contribution in [1.29, 1.82) is 0 Å². The van der Waals surface area contributed by atoms with Gasteiger partial charge in [0, 0.05) is 23.4 Å². The van der Waals surface area contributed by atoms with Crippen molar-refractivity contribution < 1.29 is 17.9 Å². The molecule has 0 radical (unpaired) electrons. The molecule has 5 rings (SSSR count). The number of H-pyrrole nitrogens is 1. The number of nitrogens with one attached hydrogen (secondary N) is 2. The van der Waals surface area contributed by atoms with E-state index >= 15 is 0 Å². The van der Waals surface area contributed by atoms with E-state index in [4.69, 9.17) is 4.74 Å². The van der Waals surface area contributed by atoms with Gasteiger partial charge >= 0.3 is 0 Å². The topological polar surface area (TPSA) is 104 Å². The lowest BCUT2D eigenvalue weighted by Gasteiger charge is -2.20. The zero-order valence-corrected chi connectivity index (χ0v) is 19.4. The van der Waals surface area contributed by atoms with Crippen LogP contribution in [0.4, 0.5) is 5.69 Å². The summed E-state index contributed by atoms with van der Waals surface area (Å²) in [4.78, 5) is 22.4. The first kappa shape index (κ1) is 22.0. The van der Waals surface area contributed by atoms with Crippen molar-refractivity contribution in [2.24, 2.45) is 0 Å². The Labute approximate surface area is 197 Å². The van der Waals surface area contributed by atoms with E-state index in [0.717, 1.165) is 33.5 Å². The van der Waals surface area contributed by atoms with E-state index in [0.29, 0.717) is 30.9 Å². The predicted molar refractivity (Wildman–Crippen MR) is 131 cm³/mol. The third-order valence-corrected chi connectivity index (χ3v) is 7.17. The van der Waals surface area contributed by atoms with Crippen molar-refractivity contribution in [2.75, 3.05) is 23.6 Å². The molecule has 0 fully saturated rings.